The lowest BCUT2D eigenvalue weighted by molar-refractivity contribution is -0.122. The Morgan fingerprint density at radius 3 is 2.60 bits per heavy atom. The average Bonchev–Trinajstić information content (AvgIpc) is 2.64. The van der Waals surface area contributed by atoms with Crippen molar-refractivity contribution < 1.29 is 19.5 Å². The molecule has 0 bridgehead atoms. The second kappa shape index (κ2) is 5.69. The number of nitrogens with zero attached hydrogens (tertiary/aromatic N) is 1. The Morgan fingerprint density at radius 2 is 2.00 bits per heavy atom. The fraction of sp³-hybridized carbons (Fsp3) is 0.267. The van der Waals surface area contributed by atoms with Crippen LogP contribution in [0.1, 0.15) is 19.8 Å². The zero-order valence-electron chi connectivity index (χ0n) is 11.1. The topological polar surface area (TPSA) is 74.7 Å². The van der Waals surface area contributed by atoms with Gasteiger partial charge in [-0.05, 0) is 19.1 Å². The van der Waals surface area contributed by atoms with E-state index in [-0.39, 0.29) is 36.2 Å². The summed E-state index contributed by atoms with van der Waals surface area (Å²) in [6.45, 7) is 1.31. The predicted octanol–water partition coefficient (Wildman–Crippen LogP) is 1.99. The smallest absolute Gasteiger partial charge is 0.237 e. The zero-order chi connectivity index (χ0) is 14.7. The van der Waals surface area contributed by atoms with Crippen molar-refractivity contribution in [3.8, 4) is 0 Å². The van der Waals surface area contributed by atoms with Gasteiger partial charge in [0.25, 0.3) is 0 Å². The van der Waals surface area contributed by atoms with Crippen LogP contribution in [0.25, 0.3) is 0 Å². The number of aliphatic hydroxyl groups excluding tert-OH is 1. The molecule has 0 aromatic heterocycles. The summed E-state index contributed by atoms with van der Waals surface area (Å²) in [5.74, 6) is -1.71. The number of hydrogen-bond donors (Lipinski definition) is 1. The quantitative estimate of drug-likeness (QED) is 0.517. The van der Waals surface area contributed by atoms with Crippen molar-refractivity contribution in [3.63, 3.8) is 0 Å². The molecule has 2 rings (SSSR count). The Labute approximate surface area is 116 Å². The average molecular weight is 273 g/mol. The fourth-order valence-electron chi connectivity index (χ4n) is 2.25. The summed E-state index contributed by atoms with van der Waals surface area (Å²) in [6, 6.07) is 8.66. The molecular formula is C15H15NO4. The van der Waals surface area contributed by atoms with Crippen molar-refractivity contribution in [1.82, 2.24) is 0 Å². The van der Waals surface area contributed by atoms with Gasteiger partial charge in [0.1, 0.15) is 0 Å². The summed E-state index contributed by atoms with van der Waals surface area (Å²) in [5.41, 5.74) is 0.528. The van der Waals surface area contributed by atoms with E-state index in [0.717, 1.165) is 11.0 Å². The molecule has 1 aromatic rings. The maximum absolute atomic E-state index is 12.2. The van der Waals surface area contributed by atoms with Crippen LogP contribution in [0.4, 0.5) is 5.69 Å². The number of rotatable bonds is 4. The normalized spacial score (nSPS) is 19.6. The number of hydrogen-bond acceptors (Lipinski definition) is 4. The third-order valence-corrected chi connectivity index (χ3v) is 3.08. The first-order valence-corrected chi connectivity index (χ1v) is 6.31. The van der Waals surface area contributed by atoms with Crippen molar-refractivity contribution >= 4 is 23.3 Å². The Hall–Kier alpha value is -2.43. The van der Waals surface area contributed by atoms with Gasteiger partial charge in [0, 0.05) is 18.9 Å². The number of amides is 2. The number of anilines is 1. The van der Waals surface area contributed by atoms with Crippen LogP contribution in [-0.4, -0.2) is 22.7 Å². The first-order valence-electron chi connectivity index (χ1n) is 6.31. The Bertz CT molecular complexity index is 577. The molecule has 1 N–H and O–H groups in total. The van der Waals surface area contributed by atoms with E-state index in [1.165, 1.54) is 6.92 Å². The van der Waals surface area contributed by atoms with Crippen LogP contribution in [0, 0.1) is 5.92 Å². The van der Waals surface area contributed by atoms with Crippen molar-refractivity contribution in [2.45, 2.75) is 19.8 Å². The van der Waals surface area contributed by atoms with E-state index in [0.29, 0.717) is 5.69 Å². The summed E-state index contributed by atoms with van der Waals surface area (Å²) < 4.78 is 0. The lowest BCUT2D eigenvalue weighted by Crippen LogP contribution is -2.30. The number of para-hydroxylation sites is 1. The van der Waals surface area contributed by atoms with Crippen molar-refractivity contribution in [1.29, 1.82) is 0 Å². The van der Waals surface area contributed by atoms with Gasteiger partial charge in [-0.2, -0.15) is 0 Å². The minimum Gasteiger partial charge on any atom is -0.512 e. The molecule has 0 saturated carbocycles. The van der Waals surface area contributed by atoms with Gasteiger partial charge in [-0.3, -0.25) is 19.3 Å². The molecule has 0 radical (unpaired) electrons. The lowest BCUT2D eigenvalue weighted by atomic mass is 10.0. The third-order valence-electron chi connectivity index (χ3n) is 3.08. The SMILES string of the molecule is CC(=O)/C=C(\O)CC1CC(=O)N(c2ccccc2)C1=O. The van der Waals surface area contributed by atoms with Crippen LogP contribution < -0.4 is 4.90 Å². The van der Waals surface area contributed by atoms with E-state index < -0.39 is 5.92 Å². The predicted molar refractivity (Wildman–Crippen MR) is 73.1 cm³/mol. The summed E-state index contributed by atoms with van der Waals surface area (Å²) in [5, 5.41) is 9.60. The monoisotopic (exact) mass is 273 g/mol. The molecule has 20 heavy (non-hydrogen) atoms. The Balaban J connectivity index is 2.16. The molecule has 2 amide bonds. The van der Waals surface area contributed by atoms with Gasteiger partial charge in [0.2, 0.25) is 11.8 Å². The van der Waals surface area contributed by atoms with Gasteiger partial charge in [0.05, 0.1) is 17.4 Å². The summed E-state index contributed by atoms with van der Waals surface area (Å²) in [6.07, 6.45) is 1.12. The van der Waals surface area contributed by atoms with Crippen molar-refractivity contribution in [2.24, 2.45) is 5.92 Å². The molecule has 1 aliphatic heterocycles. The summed E-state index contributed by atoms with van der Waals surface area (Å²) in [4.78, 5) is 36.1. The van der Waals surface area contributed by atoms with Crippen LogP contribution in [0.15, 0.2) is 42.2 Å². The highest BCUT2D eigenvalue weighted by molar-refractivity contribution is 6.20. The largest absolute Gasteiger partial charge is 0.512 e. The molecule has 1 aromatic carbocycles. The second-order valence-electron chi connectivity index (χ2n) is 4.75. The van der Waals surface area contributed by atoms with E-state index in [2.05, 4.69) is 0 Å². The van der Waals surface area contributed by atoms with E-state index in [4.69, 9.17) is 0 Å². The summed E-state index contributed by atoms with van der Waals surface area (Å²) in [7, 11) is 0. The van der Waals surface area contributed by atoms with Crippen molar-refractivity contribution in [2.75, 3.05) is 4.90 Å². The molecule has 1 fully saturated rings. The highest BCUT2D eigenvalue weighted by atomic mass is 16.3. The first-order chi connectivity index (χ1) is 9.49. The van der Waals surface area contributed by atoms with E-state index in [1.807, 2.05) is 0 Å². The first kappa shape index (κ1) is 14.0. The fourth-order valence-corrected chi connectivity index (χ4v) is 2.25. The number of benzene rings is 1. The Kier molecular flexibility index (Phi) is 3.98. The van der Waals surface area contributed by atoms with Gasteiger partial charge in [0.15, 0.2) is 5.78 Å². The molecule has 1 aliphatic rings. The molecule has 1 saturated heterocycles. The van der Waals surface area contributed by atoms with E-state index >= 15 is 0 Å². The van der Waals surface area contributed by atoms with Crippen molar-refractivity contribution in [3.05, 3.63) is 42.2 Å². The number of imide groups is 1. The number of aliphatic hydroxyl groups is 1. The van der Waals surface area contributed by atoms with Crippen LogP contribution in [0.3, 0.4) is 0 Å². The van der Waals surface area contributed by atoms with Gasteiger partial charge < -0.3 is 5.11 Å². The third kappa shape index (κ3) is 2.93. The van der Waals surface area contributed by atoms with E-state index in [9.17, 15) is 19.5 Å². The molecule has 0 spiro atoms. The van der Waals surface area contributed by atoms with Gasteiger partial charge in [-0.25, -0.2) is 0 Å². The maximum atomic E-state index is 12.2. The number of allylic oxidation sites excluding steroid dienone is 2. The van der Waals surface area contributed by atoms with Gasteiger partial charge in [-0.15, -0.1) is 0 Å². The molecule has 1 unspecified atom stereocenters. The molecule has 1 heterocycles. The zero-order valence-corrected chi connectivity index (χ0v) is 11.1. The highest BCUT2D eigenvalue weighted by Gasteiger charge is 2.39. The van der Waals surface area contributed by atoms with Crippen LogP contribution in [-0.2, 0) is 14.4 Å². The van der Waals surface area contributed by atoms with Crippen LogP contribution in [0.5, 0.6) is 0 Å². The maximum Gasteiger partial charge on any atom is 0.237 e. The van der Waals surface area contributed by atoms with E-state index in [1.54, 1.807) is 30.3 Å². The lowest BCUT2D eigenvalue weighted by Gasteiger charge is -2.14. The number of carbonyl (C=O) groups is 3. The van der Waals surface area contributed by atoms with Crippen LogP contribution >= 0.6 is 0 Å². The standard InChI is InChI=1S/C15H15NO4/c1-10(17)7-13(18)8-11-9-14(19)16(15(11)20)12-5-3-2-4-6-12/h2-7,11,18H,8-9H2,1H3/b13-7-. The molecule has 104 valence electrons. The molecule has 5 nitrogen and oxygen atoms in total. The number of carbonyl (C=O) groups excluding carboxylic acids is 3. The van der Waals surface area contributed by atoms with Crippen LogP contribution in [0.2, 0.25) is 0 Å². The minimum absolute atomic E-state index is 0.00743. The second-order valence-corrected chi connectivity index (χ2v) is 4.75. The highest BCUT2D eigenvalue weighted by Crippen LogP contribution is 2.29. The molecular weight excluding hydrogens is 258 g/mol. The minimum atomic E-state index is -0.613. The van der Waals surface area contributed by atoms with Gasteiger partial charge in [-0.1, -0.05) is 18.2 Å². The molecule has 1 atom stereocenters. The van der Waals surface area contributed by atoms with Gasteiger partial charge >= 0.3 is 0 Å². The Morgan fingerprint density at radius 1 is 1.35 bits per heavy atom. The number of ketones is 1. The molecule has 5 heteroatoms. The molecule has 0 aliphatic carbocycles. The summed E-state index contributed by atoms with van der Waals surface area (Å²) >= 11 is 0.